The third kappa shape index (κ3) is 3.90. The summed E-state index contributed by atoms with van der Waals surface area (Å²) >= 11 is 21.7. The van der Waals surface area contributed by atoms with Crippen LogP contribution < -0.4 is 5.32 Å². The molecule has 1 unspecified atom stereocenters. The molecule has 1 nitrogen and oxygen atoms in total. The lowest BCUT2D eigenvalue weighted by molar-refractivity contribution is 0.575. The van der Waals surface area contributed by atoms with E-state index in [9.17, 15) is 0 Å². The minimum absolute atomic E-state index is 0.0799. The van der Waals surface area contributed by atoms with E-state index in [-0.39, 0.29) is 6.04 Å². The fraction of sp³-hybridized carbons (Fsp3) is 0.200. The van der Waals surface area contributed by atoms with E-state index in [1.54, 1.807) is 6.07 Å². The maximum Gasteiger partial charge on any atom is 0.0781 e. The van der Waals surface area contributed by atoms with Crippen LogP contribution in [0.4, 0.5) is 0 Å². The van der Waals surface area contributed by atoms with Crippen molar-refractivity contribution in [3.05, 3.63) is 67.1 Å². The predicted octanol–water partition coefficient (Wildman–Crippen LogP) is 6.26. The summed E-state index contributed by atoms with van der Waals surface area (Å²) in [6, 6.07) is 11.9. The van der Waals surface area contributed by atoms with E-state index in [0.29, 0.717) is 15.1 Å². The van der Waals surface area contributed by atoms with Gasteiger partial charge in [0.15, 0.2) is 0 Å². The third-order valence-corrected chi connectivity index (χ3v) is 4.83. The summed E-state index contributed by atoms with van der Waals surface area (Å²) in [7, 11) is 0. The van der Waals surface area contributed by atoms with Crippen molar-refractivity contribution >= 4 is 50.7 Å². The Kier molecular flexibility index (Phi) is 5.76. The average Bonchev–Trinajstić information content (AvgIpc) is 2.42. The lowest BCUT2D eigenvalue weighted by Crippen LogP contribution is -2.18. The van der Waals surface area contributed by atoms with Crippen LogP contribution in [0.15, 0.2) is 40.9 Å². The standard InChI is InChI=1S/C15H13BrCl3N/c1-9(12-5-6-13(17)15(19)14(12)18)20-8-10-3-2-4-11(16)7-10/h2-7,9,20H,8H2,1H3. The Morgan fingerprint density at radius 2 is 1.85 bits per heavy atom. The van der Waals surface area contributed by atoms with Crippen molar-refractivity contribution in [2.75, 3.05) is 0 Å². The van der Waals surface area contributed by atoms with Gasteiger partial charge in [0.2, 0.25) is 0 Å². The normalized spacial score (nSPS) is 12.4. The Balaban J connectivity index is 2.09. The van der Waals surface area contributed by atoms with Crippen molar-refractivity contribution in [2.24, 2.45) is 0 Å². The zero-order chi connectivity index (χ0) is 14.7. The summed E-state index contributed by atoms with van der Waals surface area (Å²) in [4.78, 5) is 0. The minimum atomic E-state index is 0.0799. The quantitative estimate of drug-likeness (QED) is 0.605. The molecule has 0 saturated heterocycles. The monoisotopic (exact) mass is 391 g/mol. The molecule has 0 aliphatic heterocycles. The molecule has 1 atom stereocenters. The van der Waals surface area contributed by atoms with Crippen molar-refractivity contribution in [2.45, 2.75) is 19.5 Å². The summed E-state index contributed by atoms with van der Waals surface area (Å²) in [5, 5.41) is 4.81. The second-order valence-electron chi connectivity index (χ2n) is 4.50. The second-order valence-corrected chi connectivity index (χ2v) is 6.58. The Morgan fingerprint density at radius 3 is 2.55 bits per heavy atom. The molecule has 0 spiro atoms. The molecule has 2 aromatic carbocycles. The van der Waals surface area contributed by atoms with Gasteiger partial charge < -0.3 is 5.32 Å². The van der Waals surface area contributed by atoms with Gasteiger partial charge in [0.25, 0.3) is 0 Å². The summed E-state index contributed by atoms with van der Waals surface area (Å²) in [5.74, 6) is 0. The number of hydrogen-bond acceptors (Lipinski definition) is 1. The van der Waals surface area contributed by atoms with E-state index in [0.717, 1.165) is 16.6 Å². The Bertz CT molecular complexity index is 616. The van der Waals surface area contributed by atoms with Crippen LogP contribution in [0.2, 0.25) is 15.1 Å². The Hall–Kier alpha value is -0.250. The number of nitrogens with one attached hydrogen (secondary N) is 1. The van der Waals surface area contributed by atoms with Crippen molar-refractivity contribution in [3.8, 4) is 0 Å². The third-order valence-electron chi connectivity index (χ3n) is 3.03. The van der Waals surface area contributed by atoms with E-state index in [1.165, 1.54) is 5.56 Å². The highest BCUT2D eigenvalue weighted by molar-refractivity contribution is 9.10. The maximum absolute atomic E-state index is 6.24. The van der Waals surface area contributed by atoms with Crippen LogP contribution in [-0.2, 0) is 6.54 Å². The van der Waals surface area contributed by atoms with Gasteiger partial charge >= 0.3 is 0 Å². The molecule has 5 heteroatoms. The van der Waals surface area contributed by atoms with Crippen LogP contribution >= 0.6 is 50.7 Å². The van der Waals surface area contributed by atoms with Gasteiger partial charge in [-0.05, 0) is 36.2 Å². The van der Waals surface area contributed by atoms with E-state index in [1.807, 2.05) is 25.1 Å². The molecule has 0 radical (unpaired) electrons. The van der Waals surface area contributed by atoms with Crippen molar-refractivity contribution < 1.29 is 0 Å². The summed E-state index contributed by atoms with van der Waals surface area (Å²) < 4.78 is 1.07. The van der Waals surface area contributed by atoms with Crippen molar-refractivity contribution in [1.29, 1.82) is 0 Å². The first kappa shape index (κ1) is 16.1. The largest absolute Gasteiger partial charge is 0.306 e. The SMILES string of the molecule is CC(NCc1cccc(Br)c1)c1ccc(Cl)c(Cl)c1Cl. The van der Waals surface area contributed by atoms with Crippen LogP contribution in [0.5, 0.6) is 0 Å². The van der Waals surface area contributed by atoms with Gasteiger partial charge in [-0.15, -0.1) is 0 Å². The molecule has 0 fully saturated rings. The molecule has 0 aliphatic carbocycles. The highest BCUT2D eigenvalue weighted by Gasteiger charge is 2.14. The van der Waals surface area contributed by atoms with Gasteiger partial charge in [0.1, 0.15) is 0 Å². The van der Waals surface area contributed by atoms with Gasteiger partial charge in [-0.3, -0.25) is 0 Å². The molecule has 2 aromatic rings. The zero-order valence-electron chi connectivity index (χ0n) is 10.8. The molecule has 0 bridgehead atoms. The number of benzene rings is 2. The van der Waals surface area contributed by atoms with Crippen molar-refractivity contribution in [3.63, 3.8) is 0 Å². The van der Waals surface area contributed by atoms with Gasteiger partial charge in [-0.1, -0.05) is 68.9 Å². The van der Waals surface area contributed by atoms with Gasteiger partial charge in [-0.25, -0.2) is 0 Å². The molecule has 106 valence electrons. The topological polar surface area (TPSA) is 12.0 Å². The lowest BCUT2D eigenvalue weighted by Gasteiger charge is -2.17. The first-order valence-electron chi connectivity index (χ1n) is 6.10. The number of rotatable bonds is 4. The average molecular weight is 394 g/mol. The van der Waals surface area contributed by atoms with Crippen LogP contribution in [0.1, 0.15) is 24.1 Å². The number of hydrogen-bond donors (Lipinski definition) is 1. The Morgan fingerprint density at radius 1 is 1.10 bits per heavy atom. The predicted molar refractivity (Wildman–Crippen MR) is 90.9 cm³/mol. The van der Waals surface area contributed by atoms with E-state index in [4.69, 9.17) is 34.8 Å². The first-order valence-corrected chi connectivity index (χ1v) is 8.03. The van der Waals surface area contributed by atoms with Crippen LogP contribution in [-0.4, -0.2) is 0 Å². The molecule has 0 aromatic heterocycles. The molecule has 1 N–H and O–H groups in total. The van der Waals surface area contributed by atoms with Gasteiger partial charge in [0, 0.05) is 17.1 Å². The molecule has 0 amide bonds. The van der Waals surface area contributed by atoms with Crippen LogP contribution in [0.3, 0.4) is 0 Å². The van der Waals surface area contributed by atoms with Crippen molar-refractivity contribution in [1.82, 2.24) is 5.32 Å². The fourth-order valence-corrected chi connectivity index (χ4v) is 3.06. The first-order chi connectivity index (χ1) is 9.49. The summed E-state index contributed by atoms with van der Waals surface area (Å²) in [6.45, 7) is 2.79. The molecular formula is C15H13BrCl3N. The lowest BCUT2D eigenvalue weighted by atomic mass is 10.1. The molecule has 0 aliphatic rings. The molecule has 0 saturated carbocycles. The molecule has 2 rings (SSSR count). The summed E-state index contributed by atoms with van der Waals surface area (Å²) in [6.07, 6.45) is 0. The zero-order valence-corrected chi connectivity index (χ0v) is 14.6. The molecule has 20 heavy (non-hydrogen) atoms. The number of halogens is 4. The smallest absolute Gasteiger partial charge is 0.0781 e. The van der Waals surface area contributed by atoms with E-state index < -0.39 is 0 Å². The van der Waals surface area contributed by atoms with E-state index >= 15 is 0 Å². The Labute approximate surface area is 142 Å². The highest BCUT2D eigenvalue weighted by Crippen LogP contribution is 2.35. The van der Waals surface area contributed by atoms with Gasteiger partial charge in [0.05, 0.1) is 15.1 Å². The van der Waals surface area contributed by atoms with E-state index in [2.05, 4.69) is 33.4 Å². The highest BCUT2D eigenvalue weighted by atomic mass is 79.9. The summed E-state index contributed by atoms with van der Waals surface area (Å²) in [5.41, 5.74) is 2.14. The van der Waals surface area contributed by atoms with Crippen LogP contribution in [0, 0.1) is 0 Å². The molecular weight excluding hydrogens is 380 g/mol. The van der Waals surface area contributed by atoms with Crippen LogP contribution in [0.25, 0.3) is 0 Å². The maximum atomic E-state index is 6.24. The van der Waals surface area contributed by atoms with Gasteiger partial charge in [-0.2, -0.15) is 0 Å². The fourth-order valence-electron chi connectivity index (χ4n) is 1.90. The molecule has 0 heterocycles. The minimum Gasteiger partial charge on any atom is -0.306 e. The second kappa shape index (κ2) is 7.15.